The van der Waals surface area contributed by atoms with Gasteiger partial charge in [-0.3, -0.25) is 0 Å². The Morgan fingerprint density at radius 3 is 2.48 bits per heavy atom. The minimum absolute atomic E-state index is 0.0174. The second-order valence-corrected chi connectivity index (χ2v) is 8.84. The summed E-state index contributed by atoms with van der Waals surface area (Å²) in [6, 6.07) is 10.1. The van der Waals surface area contributed by atoms with Crippen LogP contribution in [0.5, 0.6) is 0 Å². The lowest BCUT2D eigenvalue weighted by Gasteiger charge is -2.34. The summed E-state index contributed by atoms with van der Waals surface area (Å²) in [4.78, 5) is 13.1. The molecule has 1 aliphatic heterocycles. The van der Waals surface area contributed by atoms with Gasteiger partial charge in [0, 0.05) is 32.7 Å². The predicted octanol–water partition coefficient (Wildman–Crippen LogP) is 2.53. The molecule has 1 N–H and O–H groups in total. The van der Waals surface area contributed by atoms with E-state index in [0.717, 1.165) is 27.6 Å². The molecule has 1 aliphatic rings. The Labute approximate surface area is 169 Å². The van der Waals surface area contributed by atoms with Crippen molar-refractivity contribution in [3.05, 3.63) is 65.2 Å². The van der Waals surface area contributed by atoms with E-state index in [4.69, 9.17) is 0 Å². The van der Waals surface area contributed by atoms with Gasteiger partial charge in [0.15, 0.2) is 0 Å². The molecule has 0 saturated carbocycles. The van der Waals surface area contributed by atoms with Crippen molar-refractivity contribution in [3.63, 3.8) is 0 Å². The molecule has 1 saturated heterocycles. The number of urea groups is 1. The first-order valence-electron chi connectivity index (χ1n) is 9.31. The van der Waals surface area contributed by atoms with Crippen LogP contribution in [0.2, 0.25) is 0 Å². The summed E-state index contributed by atoms with van der Waals surface area (Å²) in [5, 5.41) is 2.83. The molecule has 0 aliphatic carbocycles. The van der Waals surface area contributed by atoms with Gasteiger partial charge in [0.2, 0.25) is 10.0 Å². The quantitative estimate of drug-likeness (QED) is 0.804. The van der Waals surface area contributed by atoms with Crippen LogP contribution in [0.3, 0.4) is 0 Å². The maximum atomic E-state index is 13.9. The Hall–Kier alpha value is -2.52. The van der Waals surface area contributed by atoms with Crippen molar-refractivity contribution in [3.8, 4) is 0 Å². The average Bonchev–Trinajstić information content (AvgIpc) is 2.70. The molecule has 0 atom stereocenters. The molecule has 156 valence electrons. The van der Waals surface area contributed by atoms with Crippen LogP contribution in [0.25, 0.3) is 0 Å². The number of hydrogen-bond donors (Lipinski definition) is 1. The molecule has 0 bridgehead atoms. The number of nitrogens with one attached hydrogen (secondary N) is 1. The SMILES string of the molecule is Cc1cccc(CCNC(=O)N2CCN(S(=O)(=O)c3cc(F)ccc3F)CC2)c1. The molecule has 0 radical (unpaired) electrons. The van der Waals surface area contributed by atoms with Crippen molar-refractivity contribution in [1.29, 1.82) is 0 Å². The molecule has 0 aromatic heterocycles. The number of halogens is 2. The number of nitrogens with zero attached hydrogens (tertiary/aromatic N) is 2. The molecule has 3 rings (SSSR count). The van der Waals surface area contributed by atoms with Crippen molar-refractivity contribution in [1.82, 2.24) is 14.5 Å². The minimum Gasteiger partial charge on any atom is -0.338 e. The zero-order chi connectivity index (χ0) is 21.0. The van der Waals surface area contributed by atoms with Gasteiger partial charge in [0.1, 0.15) is 16.5 Å². The average molecular weight is 423 g/mol. The Morgan fingerprint density at radius 2 is 1.79 bits per heavy atom. The number of hydrogen-bond acceptors (Lipinski definition) is 3. The molecule has 2 aromatic carbocycles. The molecule has 9 heteroatoms. The first-order valence-corrected chi connectivity index (χ1v) is 10.7. The van der Waals surface area contributed by atoms with Gasteiger partial charge in [-0.05, 0) is 37.1 Å². The van der Waals surface area contributed by atoms with Crippen LogP contribution in [0.1, 0.15) is 11.1 Å². The van der Waals surface area contributed by atoms with Crippen LogP contribution in [0.4, 0.5) is 13.6 Å². The first kappa shape index (κ1) is 21.2. The largest absolute Gasteiger partial charge is 0.338 e. The minimum atomic E-state index is -4.16. The molecule has 6 nitrogen and oxygen atoms in total. The lowest BCUT2D eigenvalue weighted by molar-refractivity contribution is 0.172. The van der Waals surface area contributed by atoms with Gasteiger partial charge in [-0.1, -0.05) is 29.8 Å². The third kappa shape index (κ3) is 5.10. The molecule has 29 heavy (non-hydrogen) atoms. The van der Waals surface area contributed by atoms with Gasteiger partial charge in [-0.15, -0.1) is 0 Å². The van der Waals surface area contributed by atoms with E-state index in [0.29, 0.717) is 19.0 Å². The maximum Gasteiger partial charge on any atom is 0.317 e. The Kier molecular flexibility index (Phi) is 6.49. The number of carbonyl (C=O) groups is 1. The molecule has 1 heterocycles. The van der Waals surface area contributed by atoms with Crippen LogP contribution < -0.4 is 5.32 Å². The summed E-state index contributed by atoms with van der Waals surface area (Å²) in [7, 11) is -4.16. The van der Waals surface area contributed by atoms with Gasteiger partial charge >= 0.3 is 6.03 Å². The Balaban J connectivity index is 1.53. The number of benzene rings is 2. The molecule has 0 unspecified atom stereocenters. The van der Waals surface area contributed by atoms with E-state index >= 15 is 0 Å². The summed E-state index contributed by atoms with van der Waals surface area (Å²) < 4.78 is 53.5. The van der Waals surface area contributed by atoms with Crippen LogP contribution in [0, 0.1) is 18.6 Å². The van der Waals surface area contributed by atoms with Crippen LogP contribution in [-0.2, 0) is 16.4 Å². The van der Waals surface area contributed by atoms with Crippen molar-refractivity contribution >= 4 is 16.1 Å². The molecular weight excluding hydrogens is 400 g/mol. The standard InChI is InChI=1S/C20H23F2N3O3S/c1-15-3-2-4-16(13-15)7-8-23-20(26)24-9-11-25(12-10-24)29(27,28)19-14-17(21)5-6-18(19)22/h2-6,13-14H,7-12H2,1H3,(H,23,26). The lowest BCUT2D eigenvalue weighted by Crippen LogP contribution is -2.53. The molecule has 0 spiro atoms. The van der Waals surface area contributed by atoms with Crippen molar-refractivity contribution in [2.75, 3.05) is 32.7 Å². The fraction of sp³-hybridized carbons (Fsp3) is 0.350. The van der Waals surface area contributed by atoms with Crippen LogP contribution in [0.15, 0.2) is 47.4 Å². The second-order valence-electron chi connectivity index (χ2n) is 6.94. The van der Waals surface area contributed by atoms with Gasteiger partial charge in [0.05, 0.1) is 0 Å². The summed E-state index contributed by atoms with van der Waals surface area (Å²) in [6.07, 6.45) is 0.695. The van der Waals surface area contributed by atoms with Gasteiger partial charge in [-0.2, -0.15) is 4.31 Å². The fourth-order valence-corrected chi connectivity index (χ4v) is 4.74. The molecular formula is C20H23F2N3O3S. The molecule has 2 amide bonds. The summed E-state index contributed by atoms with van der Waals surface area (Å²) >= 11 is 0. The van der Waals surface area contributed by atoms with Gasteiger partial charge in [-0.25, -0.2) is 22.0 Å². The number of aryl methyl sites for hydroxylation is 1. The number of carbonyl (C=O) groups excluding carboxylic acids is 1. The van der Waals surface area contributed by atoms with E-state index in [2.05, 4.69) is 11.4 Å². The lowest BCUT2D eigenvalue weighted by atomic mass is 10.1. The van der Waals surface area contributed by atoms with E-state index < -0.39 is 26.6 Å². The monoisotopic (exact) mass is 423 g/mol. The highest BCUT2D eigenvalue weighted by Gasteiger charge is 2.32. The third-order valence-corrected chi connectivity index (χ3v) is 6.72. The van der Waals surface area contributed by atoms with Crippen molar-refractivity contribution in [2.45, 2.75) is 18.2 Å². The summed E-state index contributed by atoms with van der Waals surface area (Å²) in [5.74, 6) is -1.82. The van der Waals surface area contributed by atoms with Gasteiger partial charge in [0.25, 0.3) is 0 Å². The summed E-state index contributed by atoms with van der Waals surface area (Å²) in [5.41, 5.74) is 2.28. The Bertz CT molecular complexity index is 990. The van der Waals surface area contributed by atoms with E-state index in [1.165, 1.54) is 4.90 Å². The number of sulfonamides is 1. The summed E-state index contributed by atoms with van der Waals surface area (Å²) in [6.45, 7) is 2.85. The van der Waals surface area contributed by atoms with E-state index in [1.807, 2.05) is 25.1 Å². The third-order valence-electron chi connectivity index (χ3n) is 4.81. The maximum absolute atomic E-state index is 13.9. The number of amides is 2. The van der Waals surface area contributed by atoms with E-state index in [1.54, 1.807) is 0 Å². The second kappa shape index (κ2) is 8.87. The van der Waals surface area contributed by atoms with Crippen molar-refractivity contribution in [2.24, 2.45) is 0 Å². The smallest absolute Gasteiger partial charge is 0.317 e. The van der Waals surface area contributed by atoms with Crippen molar-refractivity contribution < 1.29 is 22.0 Å². The first-order chi connectivity index (χ1) is 13.8. The predicted molar refractivity (Wildman–Crippen MR) is 105 cm³/mol. The zero-order valence-electron chi connectivity index (χ0n) is 16.1. The van der Waals surface area contributed by atoms with Crippen LogP contribution in [-0.4, -0.2) is 56.4 Å². The van der Waals surface area contributed by atoms with Crippen LogP contribution >= 0.6 is 0 Å². The Morgan fingerprint density at radius 1 is 1.07 bits per heavy atom. The highest BCUT2D eigenvalue weighted by molar-refractivity contribution is 7.89. The number of piperazine rings is 1. The van der Waals surface area contributed by atoms with E-state index in [9.17, 15) is 22.0 Å². The fourth-order valence-electron chi connectivity index (χ4n) is 3.24. The topological polar surface area (TPSA) is 69.7 Å². The molecule has 2 aromatic rings. The zero-order valence-corrected chi connectivity index (χ0v) is 16.9. The van der Waals surface area contributed by atoms with Gasteiger partial charge < -0.3 is 10.2 Å². The highest BCUT2D eigenvalue weighted by Crippen LogP contribution is 2.21. The normalized spacial score (nSPS) is 15.3. The molecule has 1 fully saturated rings. The number of rotatable bonds is 5. The highest BCUT2D eigenvalue weighted by atomic mass is 32.2. The van der Waals surface area contributed by atoms with E-state index in [-0.39, 0.29) is 32.2 Å².